The monoisotopic (exact) mass is 445 g/mol. The van der Waals surface area contributed by atoms with Crippen LogP contribution in [0.1, 0.15) is 36.2 Å². The van der Waals surface area contributed by atoms with Crippen LogP contribution in [0.25, 0.3) is 10.2 Å². The van der Waals surface area contributed by atoms with Gasteiger partial charge in [-0.2, -0.15) is 0 Å². The van der Waals surface area contributed by atoms with Gasteiger partial charge < -0.3 is 10.1 Å². The molecule has 1 aliphatic carbocycles. The van der Waals surface area contributed by atoms with Gasteiger partial charge in [0.2, 0.25) is 5.91 Å². The summed E-state index contributed by atoms with van der Waals surface area (Å²) in [4.78, 5) is 32.6. The number of nitrogens with one attached hydrogen (secondary N) is 1. The molecule has 1 aliphatic rings. The van der Waals surface area contributed by atoms with Gasteiger partial charge in [0.15, 0.2) is 0 Å². The van der Waals surface area contributed by atoms with Crippen molar-refractivity contribution >= 4 is 33.1 Å². The lowest BCUT2D eigenvalue weighted by Gasteiger charge is -2.16. The Kier molecular flexibility index (Phi) is 5.49. The van der Waals surface area contributed by atoms with Gasteiger partial charge in [0.1, 0.15) is 22.4 Å². The van der Waals surface area contributed by atoms with E-state index in [4.69, 9.17) is 4.74 Å². The van der Waals surface area contributed by atoms with E-state index in [1.165, 1.54) is 15.8 Å². The number of hydrogen-bond donors (Lipinski definition) is 1. The number of ether oxygens (including phenoxy) is 1. The molecule has 2 aromatic heterocycles. The number of hydrogen-bond acceptors (Lipinski definition) is 5. The number of aryl methyl sites for hydroxylation is 2. The maximum atomic E-state index is 13.2. The molecule has 2 aromatic carbocycles. The second-order valence-corrected chi connectivity index (χ2v) is 9.04. The average molecular weight is 446 g/mol. The van der Waals surface area contributed by atoms with Crippen molar-refractivity contribution in [1.29, 1.82) is 0 Å². The highest BCUT2D eigenvalue weighted by atomic mass is 32.1. The number of thiophene rings is 1. The van der Waals surface area contributed by atoms with E-state index in [9.17, 15) is 9.59 Å². The Bertz CT molecular complexity index is 1330. The van der Waals surface area contributed by atoms with E-state index >= 15 is 0 Å². The van der Waals surface area contributed by atoms with Crippen molar-refractivity contribution in [1.82, 2.24) is 9.55 Å². The van der Waals surface area contributed by atoms with Gasteiger partial charge >= 0.3 is 0 Å². The highest BCUT2D eigenvalue weighted by molar-refractivity contribution is 7.18. The van der Waals surface area contributed by atoms with E-state index in [0.29, 0.717) is 16.8 Å². The SMILES string of the molecule is CC(C(=O)Nc1ccc(Oc2ccccc2)cc1)n1cnc2sc3c(c2c1=O)CCCC3. The minimum atomic E-state index is -0.682. The molecule has 0 aliphatic heterocycles. The second kappa shape index (κ2) is 8.59. The summed E-state index contributed by atoms with van der Waals surface area (Å²) < 4.78 is 7.22. The summed E-state index contributed by atoms with van der Waals surface area (Å²) in [5, 5.41) is 3.57. The van der Waals surface area contributed by atoms with Gasteiger partial charge in [-0.1, -0.05) is 18.2 Å². The highest BCUT2D eigenvalue weighted by Crippen LogP contribution is 2.33. The molecule has 0 fully saturated rings. The molecule has 0 bridgehead atoms. The van der Waals surface area contributed by atoms with Gasteiger partial charge in [0.25, 0.3) is 5.56 Å². The molecular weight excluding hydrogens is 422 g/mol. The minimum absolute atomic E-state index is 0.136. The summed E-state index contributed by atoms with van der Waals surface area (Å²) >= 11 is 1.61. The Hall–Kier alpha value is -3.45. The van der Waals surface area contributed by atoms with Crippen LogP contribution in [0, 0.1) is 0 Å². The zero-order chi connectivity index (χ0) is 22.1. The fraction of sp³-hybridized carbons (Fsp3) is 0.240. The molecule has 162 valence electrons. The molecule has 0 radical (unpaired) electrons. The molecule has 6 nitrogen and oxygen atoms in total. The number of nitrogens with zero attached hydrogens (tertiary/aromatic N) is 2. The van der Waals surface area contributed by atoms with Crippen LogP contribution in [0.15, 0.2) is 65.7 Å². The summed E-state index contributed by atoms with van der Waals surface area (Å²) in [6.07, 6.45) is 5.66. The Morgan fingerprint density at radius 1 is 1.06 bits per heavy atom. The smallest absolute Gasteiger partial charge is 0.263 e. The number of carbonyl (C=O) groups is 1. The van der Waals surface area contributed by atoms with Gasteiger partial charge in [-0.15, -0.1) is 11.3 Å². The highest BCUT2D eigenvalue weighted by Gasteiger charge is 2.23. The number of fused-ring (bicyclic) bond motifs is 3. The lowest BCUT2D eigenvalue weighted by Crippen LogP contribution is -2.32. The van der Waals surface area contributed by atoms with E-state index < -0.39 is 6.04 Å². The number of aromatic nitrogens is 2. The van der Waals surface area contributed by atoms with Crippen molar-refractivity contribution in [3.63, 3.8) is 0 Å². The molecule has 4 aromatic rings. The maximum absolute atomic E-state index is 13.2. The number of rotatable bonds is 5. The van der Waals surface area contributed by atoms with Crippen LogP contribution in [-0.2, 0) is 17.6 Å². The van der Waals surface area contributed by atoms with Crippen LogP contribution in [0.4, 0.5) is 5.69 Å². The minimum Gasteiger partial charge on any atom is -0.457 e. The van der Waals surface area contributed by atoms with Crippen LogP contribution in [-0.4, -0.2) is 15.5 Å². The fourth-order valence-corrected chi connectivity index (χ4v) is 5.26. The molecule has 0 saturated carbocycles. The summed E-state index contributed by atoms with van der Waals surface area (Å²) in [5.74, 6) is 1.15. The standard InChI is InChI=1S/C25H23N3O3S/c1-16(28-15-26-24-22(25(28)30)20-9-5-6-10-21(20)32-24)23(29)27-17-11-13-19(14-12-17)31-18-7-3-2-4-8-18/h2-4,7-8,11-16H,5-6,9-10H2,1H3,(H,27,29). The molecule has 0 saturated heterocycles. The predicted molar refractivity (Wildman–Crippen MR) is 127 cm³/mol. The van der Waals surface area contributed by atoms with Crippen molar-refractivity contribution < 1.29 is 9.53 Å². The normalized spacial score (nSPS) is 14.0. The third-order valence-electron chi connectivity index (χ3n) is 5.80. The van der Waals surface area contributed by atoms with E-state index in [-0.39, 0.29) is 11.5 Å². The van der Waals surface area contributed by atoms with Crippen molar-refractivity contribution in [3.05, 3.63) is 81.7 Å². The van der Waals surface area contributed by atoms with E-state index in [0.717, 1.165) is 41.8 Å². The van der Waals surface area contributed by atoms with Crippen molar-refractivity contribution in [2.24, 2.45) is 0 Å². The van der Waals surface area contributed by atoms with E-state index in [1.54, 1.807) is 42.5 Å². The first-order valence-corrected chi connectivity index (χ1v) is 11.6. The molecule has 1 unspecified atom stereocenters. The fourth-order valence-electron chi connectivity index (χ4n) is 4.04. The number of benzene rings is 2. The largest absolute Gasteiger partial charge is 0.457 e. The predicted octanol–water partition coefficient (Wildman–Crippen LogP) is 5.33. The van der Waals surface area contributed by atoms with Crippen molar-refractivity contribution in [2.75, 3.05) is 5.32 Å². The lowest BCUT2D eigenvalue weighted by molar-refractivity contribution is -0.118. The number of amides is 1. The molecule has 2 heterocycles. The summed E-state index contributed by atoms with van der Waals surface area (Å²) in [5.41, 5.74) is 1.63. The van der Waals surface area contributed by atoms with Crippen LogP contribution in [0.5, 0.6) is 11.5 Å². The van der Waals surface area contributed by atoms with E-state index in [1.807, 2.05) is 30.3 Å². The molecule has 1 atom stereocenters. The van der Waals surface area contributed by atoms with Crippen LogP contribution < -0.4 is 15.6 Å². The first-order chi connectivity index (χ1) is 15.6. The number of carbonyl (C=O) groups excluding carboxylic acids is 1. The first kappa shape index (κ1) is 20.5. The molecule has 1 amide bonds. The maximum Gasteiger partial charge on any atom is 0.263 e. The van der Waals surface area contributed by atoms with Crippen molar-refractivity contribution in [2.45, 2.75) is 38.6 Å². The number of anilines is 1. The molecule has 5 rings (SSSR count). The quantitative estimate of drug-likeness (QED) is 0.451. The Morgan fingerprint density at radius 3 is 2.56 bits per heavy atom. The third kappa shape index (κ3) is 3.91. The van der Waals surface area contributed by atoms with Crippen molar-refractivity contribution in [3.8, 4) is 11.5 Å². The molecule has 1 N–H and O–H groups in total. The summed E-state index contributed by atoms with van der Waals surface area (Å²) in [6.45, 7) is 1.72. The lowest BCUT2D eigenvalue weighted by atomic mass is 9.97. The van der Waals surface area contributed by atoms with Gasteiger partial charge in [-0.3, -0.25) is 14.2 Å². The Labute approximate surface area is 189 Å². The Balaban J connectivity index is 1.33. The topological polar surface area (TPSA) is 73.2 Å². The van der Waals surface area contributed by atoms with Crippen LogP contribution in [0.2, 0.25) is 0 Å². The molecule has 32 heavy (non-hydrogen) atoms. The third-order valence-corrected chi connectivity index (χ3v) is 7.00. The van der Waals surface area contributed by atoms with Gasteiger partial charge in [0.05, 0.1) is 11.7 Å². The van der Waals surface area contributed by atoms with Gasteiger partial charge in [-0.25, -0.2) is 4.98 Å². The summed E-state index contributed by atoms with van der Waals surface area (Å²) in [7, 11) is 0. The summed E-state index contributed by atoms with van der Waals surface area (Å²) in [6, 6.07) is 16.0. The molecular formula is C25H23N3O3S. The van der Waals surface area contributed by atoms with Gasteiger partial charge in [0, 0.05) is 10.6 Å². The molecule has 0 spiro atoms. The van der Waals surface area contributed by atoms with Gasteiger partial charge in [-0.05, 0) is 74.6 Å². The molecule has 7 heteroatoms. The zero-order valence-electron chi connectivity index (χ0n) is 17.7. The van der Waals surface area contributed by atoms with Crippen LogP contribution in [0.3, 0.4) is 0 Å². The number of para-hydroxylation sites is 1. The van der Waals surface area contributed by atoms with Crippen LogP contribution >= 0.6 is 11.3 Å². The Morgan fingerprint density at radius 2 is 1.78 bits per heavy atom. The average Bonchev–Trinajstić information content (AvgIpc) is 3.20. The zero-order valence-corrected chi connectivity index (χ0v) is 18.5. The second-order valence-electron chi connectivity index (χ2n) is 7.95. The first-order valence-electron chi connectivity index (χ1n) is 10.8. The van der Waals surface area contributed by atoms with E-state index in [2.05, 4.69) is 10.3 Å².